The van der Waals surface area contributed by atoms with E-state index in [9.17, 15) is 4.79 Å². The molecule has 2 nitrogen and oxygen atoms in total. The number of Topliss-reactive ketones (excluding diaryl/α,β-unsaturated/α-hetero) is 1. The minimum Gasteiger partial charge on any atom is -0.370 e. The summed E-state index contributed by atoms with van der Waals surface area (Å²) in [6, 6.07) is 0. The van der Waals surface area contributed by atoms with E-state index < -0.39 is 0 Å². The van der Waals surface area contributed by atoms with Crippen molar-refractivity contribution in [2.75, 3.05) is 6.61 Å². The Labute approximate surface area is 74.3 Å². The van der Waals surface area contributed by atoms with Crippen molar-refractivity contribution in [1.29, 1.82) is 0 Å². The Morgan fingerprint density at radius 1 is 1.17 bits per heavy atom. The van der Waals surface area contributed by atoms with E-state index in [1.807, 2.05) is 13.8 Å². The van der Waals surface area contributed by atoms with E-state index in [2.05, 4.69) is 0 Å². The first-order valence-electron chi connectivity index (χ1n) is 5.00. The summed E-state index contributed by atoms with van der Waals surface area (Å²) in [5, 5.41) is 0. The molecule has 0 unspecified atom stereocenters. The quantitative estimate of drug-likeness (QED) is 0.557. The zero-order chi connectivity index (χ0) is 8.97. The first-order chi connectivity index (χ1) is 5.86. The minimum absolute atomic E-state index is 0.333. The fourth-order valence-corrected chi connectivity index (χ4v) is 1.87. The van der Waals surface area contributed by atoms with Crippen LogP contribution < -0.4 is 0 Å². The van der Waals surface area contributed by atoms with Crippen LogP contribution in [0.5, 0.6) is 0 Å². The van der Waals surface area contributed by atoms with Crippen molar-refractivity contribution < 1.29 is 9.53 Å². The summed E-state index contributed by atoms with van der Waals surface area (Å²) in [5.74, 6) is 0.679. The molecule has 3 aliphatic rings. The summed E-state index contributed by atoms with van der Waals surface area (Å²) in [5.41, 5.74) is 0. The molecule has 0 radical (unpaired) electrons. The molecule has 1 saturated carbocycles. The Balaban J connectivity index is 0.000000336. The van der Waals surface area contributed by atoms with Gasteiger partial charge in [0.05, 0.1) is 6.10 Å². The molecule has 70 valence electrons. The van der Waals surface area contributed by atoms with Crippen molar-refractivity contribution in [2.24, 2.45) is 5.92 Å². The van der Waals surface area contributed by atoms with Crippen molar-refractivity contribution in [3.05, 3.63) is 0 Å². The van der Waals surface area contributed by atoms with E-state index in [-0.39, 0.29) is 0 Å². The fourth-order valence-electron chi connectivity index (χ4n) is 1.87. The molecule has 2 heteroatoms. The Kier molecular flexibility index (Phi) is 3.73. The van der Waals surface area contributed by atoms with Gasteiger partial charge in [-0.3, -0.25) is 4.79 Å². The SMILES string of the molecule is CC.O=C1COC2CCC1CC2. The van der Waals surface area contributed by atoms with Crippen LogP contribution in [0.4, 0.5) is 0 Å². The van der Waals surface area contributed by atoms with E-state index in [1.165, 1.54) is 0 Å². The van der Waals surface area contributed by atoms with Gasteiger partial charge < -0.3 is 4.74 Å². The standard InChI is InChI=1S/C8H12O2.C2H6/c9-8-5-10-7-3-1-6(8)2-4-7;1-2/h6-7H,1-5H2;1-2H3. The predicted octanol–water partition coefficient (Wildman–Crippen LogP) is 2.17. The van der Waals surface area contributed by atoms with Crippen LogP contribution in [-0.2, 0) is 9.53 Å². The number of hydrogen-bond acceptors (Lipinski definition) is 2. The summed E-state index contributed by atoms with van der Waals surface area (Å²) < 4.78 is 5.36. The van der Waals surface area contributed by atoms with Crippen molar-refractivity contribution >= 4 is 5.78 Å². The van der Waals surface area contributed by atoms with E-state index in [1.54, 1.807) is 0 Å². The molecule has 0 amide bonds. The lowest BCUT2D eigenvalue weighted by molar-refractivity contribution is -0.125. The van der Waals surface area contributed by atoms with E-state index in [4.69, 9.17) is 4.74 Å². The second-order valence-corrected chi connectivity index (χ2v) is 3.25. The number of ketones is 1. The van der Waals surface area contributed by atoms with Gasteiger partial charge in [0.1, 0.15) is 6.61 Å². The third-order valence-electron chi connectivity index (χ3n) is 2.59. The summed E-state index contributed by atoms with van der Waals surface area (Å²) in [6.07, 6.45) is 4.77. The molecule has 2 aliphatic heterocycles. The first-order valence-corrected chi connectivity index (χ1v) is 5.00. The summed E-state index contributed by atoms with van der Waals surface area (Å²) in [6.45, 7) is 4.38. The van der Waals surface area contributed by atoms with E-state index >= 15 is 0 Å². The molecular formula is C10H18O2. The number of fused-ring (bicyclic) bond motifs is 4. The topological polar surface area (TPSA) is 26.3 Å². The highest BCUT2D eigenvalue weighted by Gasteiger charge is 2.30. The Morgan fingerprint density at radius 3 is 2.33 bits per heavy atom. The number of rotatable bonds is 0. The largest absolute Gasteiger partial charge is 0.370 e. The van der Waals surface area contributed by atoms with Crippen molar-refractivity contribution in [3.8, 4) is 0 Å². The molecule has 12 heavy (non-hydrogen) atoms. The van der Waals surface area contributed by atoms with Gasteiger partial charge in [0.2, 0.25) is 0 Å². The molecule has 0 spiro atoms. The second kappa shape index (κ2) is 4.61. The Morgan fingerprint density at radius 2 is 1.75 bits per heavy atom. The molecule has 1 aliphatic carbocycles. The van der Waals surface area contributed by atoms with Gasteiger partial charge in [-0.2, -0.15) is 0 Å². The molecule has 0 aromatic heterocycles. The number of carbonyl (C=O) groups is 1. The van der Waals surface area contributed by atoms with Crippen LogP contribution in [0.25, 0.3) is 0 Å². The molecule has 3 fully saturated rings. The number of carbonyl (C=O) groups excluding carboxylic acids is 1. The number of hydrogen-bond donors (Lipinski definition) is 0. The third-order valence-corrected chi connectivity index (χ3v) is 2.59. The average molecular weight is 170 g/mol. The number of ether oxygens (including phenoxy) is 1. The van der Waals surface area contributed by atoms with Crippen molar-refractivity contribution in [2.45, 2.75) is 45.6 Å². The van der Waals surface area contributed by atoms with E-state index in [0.717, 1.165) is 25.7 Å². The molecule has 0 aromatic rings. The van der Waals surface area contributed by atoms with Crippen LogP contribution >= 0.6 is 0 Å². The third kappa shape index (κ3) is 2.07. The van der Waals surface area contributed by atoms with Gasteiger partial charge in [0.15, 0.2) is 5.78 Å². The minimum atomic E-state index is 0.333. The highest BCUT2D eigenvalue weighted by molar-refractivity contribution is 5.82. The first kappa shape index (κ1) is 9.72. The van der Waals surface area contributed by atoms with Crippen molar-refractivity contribution in [3.63, 3.8) is 0 Å². The average Bonchev–Trinajstić information content (AvgIpc) is 2.43. The van der Waals surface area contributed by atoms with Gasteiger partial charge in [0, 0.05) is 5.92 Å². The van der Waals surface area contributed by atoms with E-state index in [0.29, 0.717) is 24.4 Å². The van der Waals surface area contributed by atoms with Gasteiger partial charge >= 0.3 is 0 Å². The maximum absolute atomic E-state index is 11.1. The van der Waals surface area contributed by atoms with Crippen LogP contribution in [-0.4, -0.2) is 18.5 Å². The molecule has 2 heterocycles. The Hall–Kier alpha value is -0.370. The molecule has 0 atom stereocenters. The van der Waals surface area contributed by atoms with Crippen molar-refractivity contribution in [1.82, 2.24) is 0 Å². The Bertz CT molecular complexity index is 146. The van der Waals surface area contributed by atoms with Gasteiger partial charge in [-0.05, 0) is 25.7 Å². The molecular weight excluding hydrogens is 152 g/mol. The zero-order valence-electron chi connectivity index (χ0n) is 8.01. The highest BCUT2D eigenvalue weighted by Crippen LogP contribution is 2.30. The normalized spacial score (nSPS) is 33.7. The smallest absolute Gasteiger partial charge is 0.161 e. The highest BCUT2D eigenvalue weighted by atomic mass is 16.5. The maximum Gasteiger partial charge on any atom is 0.161 e. The lowest BCUT2D eigenvalue weighted by Gasteiger charge is -2.20. The summed E-state index contributed by atoms with van der Waals surface area (Å²) >= 11 is 0. The van der Waals surface area contributed by atoms with Crippen LogP contribution in [0, 0.1) is 5.92 Å². The van der Waals surface area contributed by atoms with Gasteiger partial charge in [-0.1, -0.05) is 13.8 Å². The molecule has 0 N–H and O–H groups in total. The lowest BCUT2D eigenvalue weighted by Crippen LogP contribution is -2.17. The molecule has 0 aromatic carbocycles. The van der Waals surface area contributed by atoms with Crippen LogP contribution in [0.2, 0.25) is 0 Å². The lowest BCUT2D eigenvalue weighted by atomic mass is 9.86. The predicted molar refractivity (Wildman–Crippen MR) is 48.1 cm³/mol. The molecule has 2 saturated heterocycles. The molecule has 2 bridgehead atoms. The van der Waals surface area contributed by atoms with Gasteiger partial charge in [-0.15, -0.1) is 0 Å². The van der Waals surface area contributed by atoms with Crippen LogP contribution in [0.15, 0.2) is 0 Å². The zero-order valence-corrected chi connectivity index (χ0v) is 8.01. The monoisotopic (exact) mass is 170 g/mol. The van der Waals surface area contributed by atoms with Crippen LogP contribution in [0.3, 0.4) is 0 Å². The van der Waals surface area contributed by atoms with Gasteiger partial charge in [0.25, 0.3) is 0 Å². The van der Waals surface area contributed by atoms with Gasteiger partial charge in [-0.25, -0.2) is 0 Å². The summed E-state index contributed by atoms with van der Waals surface area (Å²) in [4.78, 5) is 11.1. The molecule has 3 rings (SSSR count). The fraction of sp³-hybridized carbons (Fsp3) is 0.900. The van der Waals surface area contributed by atoms with Crippen LogP contribution in [0.1, 0.15) is 39.5 Å². The maximum atomic E-state index is 11.1. The second-order valence-electron chi connectivity index (χ2n) is 3.25. The summed E-state index contributed by atoms with van der Waals surface area (Å²) in [7, 11) is 0.